The third-order valence-electron chi connectivity index (χ3n) is 3.22. The van der Waals surface area contributed by atoms with E-state index < -0.39 is 23.6 Å². The molecule has 5 nitrogen and oxygen atoms in total. The summed E-state index contributed by atoms with van der Waals surface area (Å²) in [7, 11) is 1.30. The number of ether oxygens (including phenoxy) is 2. The van der Waals surface area contributed by atoms with Crippen molar-refractivity contribution in [3.8, 4) is 5.75 Å². The highest BCUT2D eigenvalue weighted by molar-refractivity contribution is 7.10. The van der Waals surface area contributed by atoms with Gasteiger partial charge in [-0.05, 0) is 18.4 Å². The Labute approximate surface area is 118 Å². The average molecular weight is 292 g/mol. The molecule has 0 amide bonds. The van der Waals surface area contributed by atoms with Crippen molar-refractivity contribution >= 4 is 17.3 Å². The van der Waals surface area contributed by atoms with Crippen LogP contribution < -0.4 is 10.4 Å². The van der Waals surface area contributed by atoms with Gasteiger partial charge < -0.3 is 13.9 Å². The van der Waals surface area contributed by atoms with E-state index in [1.54, 1.807) is 13.0 Å². The fourth-order valence-corrected chi connectivity index (χ4v) is 3.25. The summed E-state index contributed by atoms with van der Waals surface area (Å²) in [6.07, 6.45) is -0.849. The summed E-state index contributed by atoms with van der Waals surface area (Å²) in [5, 5.41) is 1.89. The van der Waals surface area contributed by atoms with Gasteiger partial charge in [0.15, 0.2) is 0 Å². The van der Waals surface area contributed by atoms with Crippen molar-refractivity contribution in [2.45, 2.75) is 18.9 Å². The number of hydrogen-bond acceptors (Lipinski definition) is 6. The summed E-state index contributed by atoms with van der Waals surface area (Å²) in [6, 6.07) is 5.35. The van der Waals surface area contributed by atoms with Gasteiger partial charge in [-0.15, -0.1) is 11.3 Å². The second kappa shape index (κ2) is 4.79. The van der Waals surface area contributed by atoms with Gasteiger partial charge in [-0.3, -0.25) is 0 Å². The van der Waals surface area contributed by atoms with E-state index in [1.807, 2.05) is 17.5 Å². The number of aryl methyl sites for hydroxylation is 1. The molecule has 3 rings (SSSR count). The van der Waals surface area contributed by atoms with Crippen molar-refractivity contribution < 1.29 is 18.7 Å². The van der Waals surface area contributed by atoms with Gasteiger partial charge in [0, 0.05) is 10.9 Å². The van der Waals surface area contributed by atoms with Gasteiger partial charge in [0.25, 0.3) is 0 Å². The highest BCUT2D eigenvalue weighted by Gasteiger charge is 2.44. The van der Waals surface area contributed by atoms with Crippen LogP contribution in [-0.2, 0) is 9.53 Å². The lowest BCUT2D eigenvalue weighted by molar-refractivity contribution is -0.148. The number of fused-ring (bicyclic) bond motifs is 1. The van der Waals surface area contributed by atoms with E-state index in [0.717, 1.165) is 4.88 Å². The standard InChI is InChI=1S/C14H12O5S/c1-7-6-8-10(13(15)18-7)11(9-4-3-5-20-9)12(19-8)14(16)17-2/h3-6,11-12H,1-2H3/t11-,12+/m0/s1. The lowest BCUT2D eigenvalue weighted by Crippen LogP contribution is -2.31. The van der Waals surface area contributed by atoms with Crippen LogP contribution in [0.5, 0.6) is 5.75 Å². The van der Waals surface area contributed by atoms with Crippen LogP contribution in [0.25, 0.3) is 0 Å². The molecule has 2 atom stereocenters. The molecule has 2 aromatic rings. The maximum Gasteiger partial charge on any atom is 0.348 e. The minimum atomic E-state index is -0.849. The van der Waals surface area contributed by atoms with E-state index in [9.17, 15) is 9.59 Å². The molecular weight excluding hydrogens is 280 g/mol. The van der Waals surface area contributed by atoms with E-state index in [-0.39, 0.29) is 0 Å². The zero-order valence-electron chi connectivity index (χ0n) is 10.9. The summed E-state index contributed by atoms with van der Waals surface area (Å²) in [5.74, 6) is -0.136. The zero-order valence-corrected chi connectivity index (χ0v) is 11.7. The molecule has 104 valence electrons. The molecule has 3 heterocycles. The molecule has 0 saturated heterocycles. The Hall–Kier alpha value is -2.08. The van der Waals surface area contributed by atoms with Gasteiger partial charge in [-0.2, -0.15) is 0 Å². The predicted octanol–water partition coefficient (Wildman–Crippen LogP) is 2.08. The number of methoxy groups -OCH3 is 1. The van der Waals surface area contributed by atoms with Crippen molar-refractivity contribution in [3.05, 3.63) is 50.2 Å². The molecule has 6 heteroatoms. The maximum absolute atomic E-state index is 12.1. The Kier molecular flexibility index (Phi) is 3.10. The van der Waals surface area contributed by atoms with E-state index in [4.69, 9.17) is 13.9 Å². The molecule has 2 aromatic heterocycles. The molecule has 0 N–H and O–H groups in total. The molecule has 0 bridgehead atoms. The summed E-state index contributed by atoms with van der Waals surface area (Å²) in [6.45, 7) is 1.66. The highest BCUT2D eigenvalue weighted by atomic mass is 32.1. The largest absolute Gasteiger partial charge is 0.477 e. The fraction of sp³-hybridized carbons (Fsp3) is 0.286. The van der Waals surface area contributed by atoms with Crippen molar-refractivity contribution in [2.24, 2.45) is 0 Å². The molecule has 0 saturated carbocycles. The van der Waals surface area contributed by atoms with Gasteiger partial charge in [0.05, 0.1) is 18.6 Å². The topological polar surface area (TPSA) is 65.7 Å². The van der Waals surface area contributed by atoms with E-state index in [1.165, 1.54) is 18.4 Å². The first kappa shape index (κ1) is 12.9. The number of hydrogen-bond donors (Lipinski definition) is 0. The monoisotopic (exact) mass is 292 g/mol. The quantitative estimate of drug-likeness (QED) is 0.793. The van der Waals surface area contributed by atoms with Gasteiger partial charge in [0.1, 0.15) is 11.5 Å². The minimum Gasteiger partial charge on any atom is -0.477 e. The molecule has 0 aromatic carbocycles. The number of carbonyl (C=O) groups excluding carboxylic acids is 1. The van der Waals surface area contributed by atoms with Crippen LogP contribution in [0.15, 0.2) is 32.8 Å². The third-order valence-corrected chi connectivity index (χ3v) is 4.18. The highest BCUT2D eigenvalue weighted by Crippen LogP contribution is 2.42. The molecule has 1 aliphatic heterocycles. The lowest BCUT2D eigenvalue weighted by Gasteiger charge is -2.14. The normalized spacial score (nSPS) is 20.3. The van der Waals surface area contributed by atoms with Crippen LogP contribution in [0.3, 0.4) is 0 Å². The summed E-state index contributed by atoms with van der Waals surface area (Å²) < 4.78 is 15.5. The van der Waals surface area contributed by atoms with Gasteiger partial charge in [-0.1, -0.05) is 6.07 Å². The Balaban J connectivity index is 2.17. The second-order valence-corrected chi connectivity index (χ2v) is 5.46. The molecule has 0 spiro atoms. The average Bonchev–Trinajstić information content (AvgIpc) is 3.03. The summed E-state index contributed by atoms with van der Waals surface area (Å²) in [5.41, 5.74) is -0.0850. The van der Waals surface area contributed by atoms with Crippen molar-refractivity contribution in [1.29, 1.82) is 0 Å². The van der Waals surface area contributed by atoms with Crippen molar-refractivity contribution in [1.82, 2.24) is 0 Å². The molecule has 0 unspecified atom stereocenters. The number of thiophene rings is 1. The fourth-order valence-electron chi connectivity index (χ4n) is 2.39. The van der Waals surface area contributed by atoms with Crippen LogP contribution in [0, 0.1) is 6.92 Å². The SMILES string of the molecule is COC(=O)[C@@H]1Oc2cc(C)oc(=O)c2[C@@H]1c1cccs1. The van der Waals surface area contributed by atoms with Gasteiger partial charge in [0.2, 0.25) is 6.10 Å². The number of rotatable bonds is 2. The minimum absolute atomic E-state index is 0.383. The van der Waals surface area contributed by atoms with E-state index >= 15 is 0 Å². The Bertz CT molecular complexity index is 701. The predicted molar refractivity (Wildman–Crippen MR) is 72.3 cm³/mol. The molecule has 1 aliphatic rings. The number of carbonyl (C=O) groups is 1. The lowest BCUT2D eigenvalue weighted by atomic mass is 9.95. The Morgan fingerprint density at radius 2 is 2.25 bits per heavy atom. The summed E-state index contributed by atoms with van der Waals surface area (Å²) >= 11 is 1.46. The van der Waals surface area contributed by atoms with Crippen molar-refractivity contribution in [3.63, 3.8) is 0 Å². The van der Waals surface area contributed by atoms with E-state index in [0.29, 0.717) is 17.1 Å². The number of esters is 1. The zero-order chi connectivity index (χ0) is 14.3. The first-order chi connectivity index (χ1) is 9.61. The van der Waals surface area contributed by atoms with Crippen LogP contribution in [-0.4, -0.2) is 19.2 Å². The Morgan fingerprint density at radius 1 is 1.45 bits per heavy atom. The molecule has 0 radical (unpaired) electrons. The second-order valence-electron chi connectivity index (χ2n) is 4.48. The summed E-state index contributed by atoms with van der Waals surface area (Å²) in [4.78, 5) is 24.9. The smallest absolute Gasteiger partial charge is 0.348 e. The van der Waals surface area contributed by atoms with Gasteiger partial charge in [-0.25, -0.2) is 9.59 Å². The maximum atomic E-state index is 12.1. The van der Waals surface area contributed by atoms with Crippen LogP contribution in [0.1, 0.15) is 22.1 Å². The molecule has 20 heavy (non-hydrogen) atoms. The van der Waals surface area contributed by atoms with Crippen LogP contribution in [0.4, 0.5) is 0 Å². The first-order valence-corrected chi connectivity index (χ1v) is 6.92. The van der Waals surface area contributed by atoms with E-state index in [2.05, 4.69) is 0 Å². The van der Waals surface area contributed by atoms with Crippen LogP contribution in [0.2, 0.25) is 0 Å². The van der Waals surface area contributed by atoms with Crippen LogP contribution >= 0.6 is 11.3 Å². The molecule has 0 aliphatic carbocycles. The first-order valence-electron chi connectivity index (χ1n) is 6.04. The van der Waals surface area contributed by atoms with Crippen molar-refractivity contribution in [2.75, 3.05) is 7.11 Å². The third kappa shape index (κ3) is 1.92. The molecule has 0 fully saturated rings. The van der Waals surface area contributed by atoms with Gasteiger partial charge >= 0.3 is 11.6 Å². The Morgan fingerprint density at radius 3 is 2.90 bits per heavy atom. The molecular formula is C14H12O5S.